The van der Waals surface area contributed by atoms with Crippen LogP contribution >= 0.6 is 43.5 Å². The molecule has 2 atom stereocenters. The molecule has 0 aromatic heterocycles. The molecule has 1 nitrogen and oxygen atoms in total. The molecule has 2 rings (SSSR count). The van der Waals surface area contributed by atoms with Crippen molar-refractivity contribution in [1.82, 2.24) is 0 Å². The molecule has 1 aromatic carbocycles. The third-order valence-electron chi connectivity index (χ3n) is 3.71. The Hall–Kier alpha value is 0.140. The molecular formula is C15H17Br2ClO. The highest BCUT2D eigenvalue weighted by molar-refractivity contribution is 9.12. The third-order valence-corrected chi connectivity index (χ3v) is 6.95. The third kappa shape index (κ3) is 3.43. The number of ketones is 1. The van der Waals surface area contributed by atoms with Crippen LogP contribution in [0.4, 0.5) is 0 Å². The molecule has 2 unspecified atom stereocenters. The van der Waals surface area contributed by atoms with Crippen LogP contribution < -0.4 is 0 Å². The molecular weight excluding hydrogens is 391 g/mol. The summed E-state index contributed by atoms with van der Waals surface area (Å²) in [6.45, 7) is 4.29. The van der Waals surface area contributed by atoms with Gasteiger partial charge in [-0.3, -0.25) is 4.79 Å². The van der Waals surface area contributed by atoms with Crippen LogP contribution in [0.5, 0.6) is 0 Å². The van der Waals surface area contributed by atoms with Gasteiger partial charge in [0.15, 0.2) is 5.78 Å². The molecule has 1 aliphatic rings. The van der Waals surface area contributed by atoms with Gasteiger partial charge >= 0.3 is 0 Å². The first-order valence-corrected chi connectivity index (χ1v) is 8.42. The predicted molar refractivity (Wildman–Crippen MR) is 87.6 cm³/mol. The van der Waals surface area contributed by atoms with Crippen molar-refractivity contribution >= 4 is 49.2 Å². The zero-order valence-electron chi connectivity index (χ0n) is 11.1. The second kappa shape index (κ2) is 5.50. The van der Waals surface area contributed by atoms with Gasteiger partial charge in [-0.15, -0.1) is 0 Å². The Bertz CT molecular complexity index is 483. The molecule has 4 heteroatoms. The number of hydrogen-bond acceptors (Lipinski definition) is 1. The van der Waals surface area contributed by atoms with Crippen molar-refractivity contribution in [2.24, 2.45) is 5.41 Å². The van der Waals surface area contributed by atoms with E-state index in [2.05, 4.69) is 45.7 Å². The first kappa shape index (κ1) is 15.5. The fraction of sp³-hybridized carbons (Fsp3) is 0.533. The Balaban J connectivity index is 2.22. The summed E-state index contributed by atoms with van der Waals surface area (Å²) >= 11 is 13.3. The molecule has 19 heavy (non-hydrogen) atoms. The maximum Gasteiger partial charge on any atom is 0.151 e. The molecule has 0 spiro atoms. The molecule has 1 fully saturated rings. The van der Waals surface area contributed by atoms with E-state index in [0.717, 1.165) is 17.0 Å². The molecule has 1 aliphatic carbocycles. The zero-order valence-corrected chi connectivity index (χ0v) is 15.0. The minimum absolute atomic E-state index is 0.0719. The molecule has 0 amide bonds. The normalized spacial score (nSPS) is 30.4. The van der Waals surface area contributed by atoms with Crippen molar-refractivity contribution < 1.29 is 4.79 Å². The SMILES string of the molecule is CC1(C)CC(=O)C(Br)(Cc2ccc(Cl)cc2)C(Br)C1. The lowest BCUT2D eigenvalue weighted by Gasteiger charge is -2.42. The van der Waals surface area contributed by atoms with Gasteiger partial charge < -0.3 is 0 Å². The Morgan fingerprint density at radius 2 is 1.89 bits per heavy atom. The van der Waals surface area contributed by atoms with Crippen LogP contribution in [0.1, 0.15) is 32.3 Å². The lowest BCUT2D eigenvalue weighted by atomic mass is 9.70. The molecule has 1 aromatic rings. The van der Waals surface area contributed by atoms with Crippen LogP contribution in [0.2, 0.25) is 5.02 Å². The average molecular weight is 409 g/mol. The van der Waals surface area contributed by atoms with E-state index in [4.69, 9.17) is 11.6 Å². The molecule has 0 saturated heterocycles. The number of Topliss-reactive ketones (excluding diaryl/α,β-unsaturated/α-hetero) is 1. The monoisotopic (exact) mass is 406 g/mol. The lowest BCUT2D eigenvalue weighted by Crippen LogP contribution is -2.50. The largest absolute Gasteiger partial charge is 0.298 e. The second-order valence-corrected chi connectivity index (χ2v) is 9.06. The first-order chi connectivity index (χ1) is 8.73. The van der Waals surface area contributed by atoms with E-state index in [-0.39, 0.29) is 16.0 Å². The number of benzene rings is 1. The summed E-state index contributed by atoms with van der Waals surface area (Å²) in [5, 5.41) is 0.721. The number of rotatable bonds is 2. The van der Waals surface area contributed by atoms with Gasteiger partial charge in [0.2, 0.25) is 0 Å². The molecule has 0 aliphatic heterocycles. The lowest BCUT2D eigenvalue weighted by molar-refractivity contribution is -0.125. The van der Waals surface area contributed by atoms with Crippen molar-refractivity contribution in [3.63, 3.8) is 0 Å². The van der Waals surface area contributed by atoms with E-state index >= 15 is 0 Å². The van der Waals surface area contributed by atoms with E-state index in [9.17, 15) is 4.79 Å². The quantitative estimate of drug-likeness (QED) is 0.617. The summed E-state index contributed by atoms with van der Waals surface area (Å²) in [6, 6.07) is 7.71. The van der Waals surface area contributed by atoms with Crippen LogP contribution in [-0.4, -0.2) is 14.9 Å². The van der Waals surface area contributed by atoms with Crippen molar-refractivity contribution in [3.8, 4) is 0 Å². The van der Waals surface area contributed by atoms with E-state index in [1.807, 2.05) is 24.3 Å². The maximum atomic E-state index is 12.5. The highest BCUT2D eigenvalue weighted by Gasteiger charge is 2.49. The summed E-state index contributed by atoms with van der Waals surface area (Å²) in [5.41, 5.74) is 1.20. The number of hydrogen-bond donors (Lipinski definition) is 0. The topological polar surface area (TPSA) is 17.1 Å². The Morgan fingerprint density at radius 3 is 2.42 bits per heavy atom. The molecule has 0 heterocycles. The highest BCUT2D eigenvalue weighted by Crippen LogP contribution is 2.47. The molecule has 0 N–H and O–H groups in total. The summed E-state index contributed by atoms with van der Waals surface area (Å²) in [4.78, 5) is 12.7. The number of carbonyl (C=O) groups is 1. The minimum Gasteiger partial charge on any atom is -0.298 e. The van der Waals surface area contributed by atoms with Crippen LogP contribution in [0.3, 0.4) is 0 Å². The van der Waals surface area contributed by atoms with Crippen molar-refractivity contribution in [1.29, 1.82) is 0 Å². The van der Waals surface area contributed by atoms with Gasteiger partial charge in [-0.05, 0) is 36.0 Å². The first-order valence-electron chi connectivity index (χ1n) is 6.34. The van der Waals surface area contributed by atoms with E-state index in [0.29, 0.717) is 12.8 Å². The van der Waals surface area contributed by atoms with Gasteiger partial charge in [-0.2, -0.15) is 0 Å². The Labute approximate surface area is 136 Å². The van der Waals surface area contributed by atoms with Crippen molar-refractivity contribution in [3.05, 3.63) is 34.9 Å². The summed E-state index contributed by atoms with van der Waals surface area (Å²) < 4.78 is -0.504. The van der Waals surface area contributed by atoms with Crippen molar-refractivity contribution in [2.45, 2.75) is 42.3 Å². The van der Waals surface area contributed by atoms with Crippen LogP contribution in [0, 0.1) is 5.41 Å². The number of alkyl halides is 2. The average Bonchev–Trinajstić information content (AvgIpc) is 2.29. The minimum atomic E-state index is -0.504. The van der Waals surface area contributed by atoms with Gasteiger partial charge in [-0.1, -0.05) is 69.4 Å². The van der Waals surface area contributed by atoms with Crippen molar-refractivity contribution in [2.75, 3.05) is 0 Å². The number of halogens is 3. The van der Waals surface area contributed by atoms with Gasteiger partial charge in [-0.25, -0.2) is 0 Å². The van der Waals surface area contributed by atoms with Crippen LogP contribution in [0.15, 0.2) is 24.3 Å². The van der Waals surface area contributed by atoms with Gasteiger partial charge in [0.05, 0.1) is 0 Å². The van der Waals surface area contributed by atoms with E-state index in [1.165, 1.54) is 0 Å². The van der Waals surface area contributed by atoms with E-state index in [1.54, 1.807) is 0 Å². The smallest absolute Gasteiger partial charge is 0.151 e. The molecule has 0 bridgehead atoms. The van der Waals surface area contributed by atoms with Gasteiger partial charge in [0, 0.05) is 16.3 Å². The molecule has 1 saturated carbocycles. The summed E-state index contributed by atoms with van der Waals surface area (Å²) in [5.74, 6) is 0.278. The highest BCUT2D eigenvalue weighted by atomic mass is 79.9. The van der Waals surface area contributed by atoms with Crippen LogP contribution in [-0.2, 0) is 11.2 Å². The fourth-order valence-electron chi connectivity index (χ4n) is 2.58. The number of carbonyl (C=O) groups excluding carboxylic acids is 1. The van der Waals surface area contributed by atoms with Gasteiger partial charge in [0.25, 0.3) is 0 Å². The second-order valence-electron chi connectivity index (χ2n) is 6.10. The Kier molecular flexibility index (Phi) is 4.49. The molecule has 0 radical (unpaired) electrons. The van der Waals surface area contributed by atoms with Crippen LogP contribution in [0.25, 0.3) is 0 Å². The predicted octanol–water partition coefficient (Wildman–Crippen LogP) is 5.17. The van der Waals surface area contributed by atoms with Gasteiger partial charge in [0.1, 0.15) is 4.32 Å². The molecule has 104 valence electrons. The standard InChI is InChI=1S/C15H17Br2ClO/c1-14(2)8-12(16)15(17,13(19)9-14)7-10-3-5-11(18)6-4-10/h3-6,12H,7-9H2,1-2H3. The fourth-order valence-corrected chi connectivity index (χ4v) is 4.63. The van der Waals surface area contributed by atoms with E-state index < -0.39 is 4.32 Å². The Morgan fingerprint density at radius 1 is 1.32 bits per heavy atom. The summed E-state index contributed by atoms with van der Waals surface area (Å²) in [7, 11) is 0. The maximum absolute atomic E-state index is 12.5. The summed E-state index contributed by atoms with van der Waals surface area (Å²) in [6.07, 6.45) is 2.29. The zero-order chi connectivity index (χ0) is 14.3.